The quantitative estimate of drug-likeness (QED) is 0.266. The first-order chi connectivity index (χ1) is 16.8. The minimum atomic E-state index is -3.77. The number of sulfonamides is 1. The molecule has 2 aliphatic rings. The molecule has 0 aromatic heterocycles. The predicted octanol–water partition coefficient (Wildman–Crippen LogP) is 5.54. The molecule has 1 heterocycles. The summed E-state index contributed by atoms with van der Waals surface area (Å²) < 4.78 is 34.0. The SMILES string of the molecule is COc1ccc([C@H]2Nc3ccc(S(=O)(=O)Nc4ccc(C)cc4)cc3[C@H]3C=CC[C@H]32)cc1[N+](=O)[O-]. The smallest absolute Gasteiger partial charge is 0.311 e. The van der Waals surface area contributed by atoms with Crippen molar-refractivity contribution < 1.29 is 18.1 Å². The molecule has 3 aromatic carbocycles. The molecule has 0 unspecified atom stereocenters. The summed E-state index contributed by atoms with van der Waals surface area (Å²) in [5, 5.41) is 15.1. The molecule has 9 heteroatoms. The second kappa shape index (κ2) is 8.74. The number of ether oxygens (including phenoxy) is 1. The maximum atomic E-state index is 13.1. The molecule has 0 spiro atoms. The molecular weight excluding hydrogens is 466 g/mol. The second-order valence-electron chi connectivity index (χ2n) is 8.88. The Bertz CT molecular complexity index is 1430. The molecule has 0 fully saturated rings. The van der Waals surface area contributed by atoms with Gasteiger partial charge in [0.1, 0.15) is 0 Å². The van der Waals surface area contributed by atoms with E-state index in [-0.39, 0.29) is 34.2 Å². The van der Waals surface area contributed by atoms with Crippen molar-refractivity contribution in [2.75, 3.05) is 17.1 Å². The van der Waals surface area contributed by atoms with Gasteiger partial charge in [0, 0.05) is 23.4 Å². The lowest BCUT2D eigenvalue weighted by atomic mass is 9.77. The first kappa shape index (κ1) is 22.9. The summed E-state index contributed by atoms with van der Waals surface area (Å²) in [6, 6.07) is 17.1. The molecule has 2 N–H and O–H groups in total. The third kappa shape index (κ3) is 4.23. The van der Waals surface area contributed by atoms with E-state index in [0.717, 1.165) is 28.8 Å². The first-order valence-corrected chi connectivity index (χ1v) is 12.7. The number of benzene rings is 3. The van der Waals surface area contributed by atoms with Crippen molar-refractivity contribution in [1.29, 1.82) is 0 Å². The molecule has 0 saturated heterocycles. The van der Waals surface area contributed by atoms with E-state index in [1.807, 2.05) is 25.1 Å². The Morgan fingerprint density at radius 3 is 2.57 bits per heavy atom. The van der Waals surface area contributed by atoms with Crippen LogP contribution < -0.4 is 14.8 Å². The fourth-order valence-corrected chi connectivity index (χ4v) is 6.04. The third-order valence-electron chi connectivity index (χ3n) is 6.71. The molecule has 1 aliphatic heterocycles. The normalized spacial score (nSPS) is 20.5. The standard InChI is InChI=1S/C26H25N3O5S/c1-16-6-9-18(10-7-16)28-35(32,33)19-11-12-23-22(15-19)20-4-3-5-21(20)26(27-23)17-8-13-25(34-2)24(14-17)29(30)31/h3-4,6-15,20-21,26-28H,5H2,1-2H3/t20-,21+,26+/m0/s1. The minimum Gasteiger partial charge on any atom is -0.490 e. The van der Waals surface area contributed by atoms with Crippen LogP contribution in [0.15, 0.2) is 77.7 Å². The van der Waals surface area contributed by atoms with Gasteiger partial charge in [-0.05, 0) is 66.8 Å². The Hall–Kier alpha value is -3.85. The summed E-state index contributed by atoms with van der Waals surface area (Å²) in [4.78, 5) is 11.3. The molecular formula is C26H25N3O5S. The van der Waals surface area contributed by atoms with Crippen molar-refractivity contribution in [2.45, 2.75) is 30.2 Å². The topological polar surface area (TPSA) is 111 Å². The third-order valence-corrected chi connectivity index (χ3v) is 8.09. The van der Waals surface area contributed by atoms with Gasteiger partial charge in [-0.2, -0.15) is 0 Å². The van der Waals surface area contributed by atoms with Gasteiger partial charge in [-0.15, -0.1) is 0 Å². The Balaban J connectivity index is 1.49. The van der Waals surface area contributed by atoms with Crippen LogP contribution in [-0.2, 0) is 10.0 Å². The van der Waals surface area contributed by atoms with E-state index in [0.29, 0.717) is 5.69 Å². The van der Waals surface area contributed by atoms with Crippen LogP contribution in [0.4, 0.5) is 17.1 Å². The number of nitro benzene ring substituents is 1. The Labute approximate surface area is 203 Å². The van der Waals surface area contributed by atoms with Gasteiger partial charge in [0.25, 0.3) is 10.0 Å². The lowest BCUT2D eigenvalue weighted by Gasteiger charge is -2.37. The monoisotopic (exact) mass is 491 g/mol. The zero-order chi connectivity index (χ0) is 24.7. The largest absolute Gasteiger partial charge is 0.490 e. The van der Waals surface area contributed by atoms with Crippen LogP contribution in [0.5, 0.6) is 5.75 Å². The van der Waals surface area contributed by atoms with Gasteiger partial charge in [-0.25, -0.2) is 8.42 Å². The van der Waals surface area contributed by atoms with Crippen LogP contribution in [0.1, 0.15) is 35.1 Å². The number of rotatable bonds is 6. The number of allylic oxidation sites excluding steroid dienone is 2. The summed E-state index contributed by atoms with van der Waals surface area (Å²) in [7, 11) is -2.36. The summed E-state index contributed by atoms with van der Waals surface area (Å²) in [6.45, 7) is 1.94. The number of nitro groups is 1. The fraction of sp³-hybridized carbons (Fsp3) is 0.231. The van der Waals surface area contributed by atoms with Crippen LogP contribution in [0.3, 0.4) is 0 Å². The van der Waals surface area contributed by atoms with Gasteiger partial charge >= 0.3 is 5.69 Å². The van der Waals surface area contributed by atoms with Crippen molar-refractivity contribution in [1.82, 2.24) is 0 Å². The van der Waals surface area contributed by atoms with E-state index in [9.17, 15) is 18.5 Å². The van der Waals surface area contributed by atoms with Crippen LogP contribution in [0, 0.1) is 23.0 Å². The van der Waals surface area contributed by atoms with Crippen LogP contribution >= 0.6 is 0 Å². The average molecular weight is 492 g/mol. The number of hydrogen-bond acceptors (Lipinski definition) is 6. The zero-order valence-electron chi connectivity index (χ0n) is 19.3. The highest BCUT2D eigenvalue weighted by molar-refractivity contribution is 7.92. The molecule has 5 rings (SSSR count). The average Bonchev–Trinajstić information content (AvgIpc) is 3.34. The van der Waals surface area contributed by atoms with Crippen LogP contribution in [-0.4, -0.2) is 20.5 Å². The minimum absolute atomic E-state index is 0.00747. The molecule has 0 saturated carbocycles. The molecule has 3 atom stereocenters. The van der Waals surface area contributed by atoms with E-state index >= 15 is 0 Å². The van der Waals surface area contributed by atoms with Crippen LogP contribution in [0.2, 0.25) is 0 Å². The summed E-state index contributed by atoms with van der Waals surface area (Å²) in [5.74, 6) is 0.303. The van der Waals surface area contributed by atoms with Crippen molar-refractivity contribution in [3.63, 3.8) is 0 Å². The second-order valence-corrected chi connectivity index (χ2v) is 10.6. The Morgan fingerprint density at radius 2 is 1.86 bits per heavy atom. The van der Waals surface area contributed by atoms with Gasteiger partial charge < -0.3 is 10.1 Å². The van der Waals surface area contributed by atoms with Gasteiger partial charge in [0.15, 0.2) is 5.75 Å². The van der Waals surface area contributed by atoms with E-state index in [1.165, 1.54) is 7.11 Å². The number of nitrogens with one attached hydrogen (secondary N) is 2. The van der Waals surface area contributed by atoms with Gasteiger partial charge in [0.2, 0.25) is 0 Å². The van der Waals surface area contributed by atoms with Gasteiger partial charge in [-0.3, -0.25) is 14.8 Å². The summed E-state index contributed by atoms with van der Waals surface area (Å²) in [5.41, 5.74) is 3.98. The number of methoxy groups -OCH3 is 1. The Kier molecular flexibility index (Phi) is 5.72. The summed E-state index contributed by atoms with van der Waals surface area (Å²) >= 11 is 0. The number of aryl methyl sites for hydroxylation is 1. The maximum Gasteiger partial charge on any atom is 0.311 e. The molecule has 0 radical (unpaired) electrons. The number of hydrogen-bond donors (Lipinski definition) is 2. The molecule has 0 bridgehead atoms. The predicted molar refractivity (Wildman–Crippen MR) is 134 cm³/mol. The molecule has 8 nitrogen and oxygen atoms in total. The van der Waals surface area contributed by atoms with Crippen LogP contribution in [0.25, 0.3) is 0 Å². The Morgan fingerprint density at radius 1 is 1.09 bits per heavy atom. The molecule has 3 aromatic rings. The van der Waals surface area contributed by atoms with E-state index in [4.69, 9.17) is 4.74 Å². The molecule has 180 valence electrons. The number of fused-ring (bicyclic) bond motifs is 3. The zero-order valence-corrected chi connectivity index (χ0v) is 20.1. The van der Waals surface area contributed by atoms with Crippen molar-refractivity contribution in [3.05, 3.63) is 99.6 Å². The molecule has 35 heavy (non-hydrogen) atoms. The highest BCUT2D eigenvalue weighted by Crippen LogP contribution is 2.50. The van der Waals surface area contributed by atoms with Gasteiger partial charge in [-0.1, -0.05) is 35.9 Å². The highest BCUT2D eigenvalue weighted by Gasteiger charge is 2.39. The van der Waals surface area contributed by atoms with Crippen molar-refractivity contribution >= 4 is 27.1 Å². The van der Waals surface area contributed by atoms with E-state index < -0.39 is 14.9 Å². The van der Waals surface area contributed by atoms with E-state index in [2.05, 4.69) is 22.2 Å². The number of anilines is 2. The molecule has 1 aliphatic carbocycles. The van der Waals surface area contributed by atoms with Crippen molar-refractivity contribution in [3.8, 4) is 5.75 Å². The maximum absolute atomic E-state index is 13.1. The lowest BCUT2D eigenvalue weighted by Crippen LogP contribution is -2.29. The van der Waals surface area contributed by atoms with Gasteiger partial charge in [0.05, 0.1) is 23.0 Å². The van der Waals surface area contributed by atoms with E-state index in [1.54, 1.807) is 42.5 Å². The first-order valence-electron chi connectivity index (χ1n) is 11.3. The van der Waals surface area contributed by atoms with Crippen molar-refractivity contribution in [2.24, 2.45) is 5.92 Å². The molecule has 0 amide bonds. The number of nitrogens with zero attached hydrogens (tertiary/aromatic N) is 1. The lowest BCUT2D eigenvalue weighted by molar-refractivity contribution is -0.385. The highest BCUT2D eigenvalue weighted by atomic mass is 32.2. The fourth-order valence-electron chi connectivity index (χ4n) is 4.95. The summed E-state index contributed by atoms with van der Waals surface area (Å²) in [6.07, 6.45) is 4.96.